The van der Waals surface area contributed by atoms with Crippen molar-refractivity contribution in [2.75, 3.05) is 5.32 Å². The Morgan fingerprint density at radius 1 is 1.04 bits per heavy atom. The summed E-state index contributed by atoms with van der Waals surface area (Å²) in [6.07, 6.45) is -0.705. The number of hydrogen-bond acceptors (Lipinski definition) is 2. The molecule has 4 nitrogen and oxygen atoms in total. The normalized spacial score (nSPS) is 13.2. The van der Waals surface area contributed by atoms with E-state index in [9.17, 15) is 32.3 Å². The van der Waals surface area contributed by atoms with Crippen molar-refractivity contribution < 1.29 is 32.3 Å². The van der Waals surface area contributed by atoms with Crippen LogP contribution in [0.3, 0.4) is 0 Å². The summed E-state index contributed by atoms with van der Waals surface area (Å²) in [7, 11) is 0. The number of aliphatic carboxylic acids is 1. The highest BCUT2D eigenvalue weighted by Crippen LogP contribution is 2.30. The van der Waals surface area contributed by atoms with Crippen molar-refractivity contribution >= 4 is 17.6 Å². The van der Waals surface area contributed by atoms with Crippen LogP contribution in [-0.2, 0) is 15.0 Å². The van der Waals surface area contributed by atoms with Crippen molar-refractivity contribution in [3.8, 4) is 0 Å². The SMILES string of the molecule is CC(CC(=O)Nc1c(F)c(F)cc(F)c1F)(C(=O)O)c1ccccc1. The third-order valence-corrected chi connectivity index (χ3v) is 3.77. The Labute approximate surface area is 140 Å². The second kappa shape index (κ2) is 6.92. The van der Waals surface area contributed by atoms with Crippen molar-refractivity contribution in [3.63, 3.8) is 0 Å². The monoisotopic (exact) mass is 355 g/mol. The van der Waals surface area contributed by atoms with Gasteiger partial charge in [-0.05, 0) is 12.5 Å². The highest BCUT2D eigenvalue weighted by molar-refractivity contribution is 5.96. The molecule has 0 aromatic heterocycles. The summed E-state index contributed by atoms with van der Waals surface area (Å²) < 4.78 is 53.6. The minimum atomic E-state index is -1.77. The second-order valence-electron chi connectivity index (χ2n) is 5.57. The smallest absolute Gasteiger partial charge is 0.314 e. The molecule has 2 rings (SSSR count). The van der Waals surface area contributed by atoms with Crippen LogP contribution in [-0.4, -0.2) is 17.0 Å². The van der Waals surface area contributed by atoms with E-state index < -0.39 is 52.7 Å². The first-order chi connectivity index (χ1) is 11.7. The van der Waals surface area contributed by atoms with Gasteiger partial charge in [-0.3, -0.25) is 9.59 Å². The van der Waals surface area contributed by atoms with Crippen LogP contribution in [0.15, 0.2) is 36.4 Å². The molecule has 2 aromatic rings. The lowest BCUT2D eigenvalue weighted by molar-refractivity contribution is -0.145. The molecule has 0 fully saturated rings. The average Bonchev–Trinajstić information content (AvgIpc) is 2.57. The molecule has 1 amide bonds. The summed E-state index contributed by atoms with van der Waals surface area (Å²) in [5.74, 6) is -9.37. The number of benzene rings is 2. The van der Waals surface area contributed by atoms with E-state index in [4.69, 9.17) is 0 Å². The number of amides is 1. The van der Waals surface area contributed by atoms with E-state index in [2.05, 4.69) is 0 Å². The van der Waals surface area contributed by atoms with Gasteiger partial charge in [-0.25, -0.2) is 17.6 Å². The molecule has 0 radical (unpaired) electrons. The second-order valence-corrected chi connectivity index (χ2v) is 5.57. The van der Waals surface area contributed by atoms with E-state index in [1.165, 1.54) is 19.1 Å². The van der Waals surface area contributed by atoms with E-state index in [1.54, 1.807) is 23.5 Å². The molecule has 2 N–H and O–H groups in total. The van der Waals surface area contributed by atoms with E-state index in [0.717, 1.165) is 0 Å². The zero-order valence-corrected chi connectivity index (χ0v) is 12.9. The van der Waals surface area contributed by atoms with Gasteiger partial charge in [0, 0.05) is 12.5 Å². The Balaban J connectivity index is 2.32. The first-order valence-corrected chi connectivity index (χ1v) is 7.08. The van der Waals surface area contributed by atoms with Gasteiger partial charge in [0.1, 0.15) is 5.69 Å². The Morgan fingerprint density at radius 3 is 2.04 bits per heavy atom. The number of nitrogens with one attached hydrogen (secondary N) is 1. The lowest BCUT2D eigenvalue weighted by atomic mass is 9.79. The fourth-order valence-corrected chi connectivity index (χ4v) is 2.29. The standard InChI is InChI=1S/C17H13F4NO3/c1-17(16(24)25,9-5-3-2-4-6-9)8-12(23)22-15-13(20)10(18)7-11(19)14(15)21/h2-7H,8H2,1H3,(H,22,23)(H,24,25). The predicted molar refractivity (Wildman–Crippen MR) is 81.0 cm³/mol. The summed E-state index contributed by atoms with van der Waals surface area (Å²) in [4.78, 5) is 23.7. The number of halogens is 4. The molecule has 0 aliphatic rings. The van der Waals surface area contributed by atoms with Crippen molar-refractivity contribution in [1.29, 1.82) is 0 Å². The van der Waals surface area contributed by atoms with Gasteiger partial charge in [0.25, 0.3) is 0 Å². The summed E-state index contributed by atoms with van der Waals surface area (Å²) in [6.45, 7) is 1.25. The minimum absolute atomic E-state index is 0.00561. The van der Waals surface area contributed by atoms with Gasteiger partial charge in [0.2, 0.25) is 5.91 Å². The quantitative estimate of drug-likeness (QED) is 0.636. The maximum Gasteiger partial charge on any atom is 0.314 e. The van der Waals surface area contributed by atoms with Gasteiger partial charge in [0.05, 0.1) is 5.41 Å². The van der Waals surface area contributed by atoms with Crippen molar-refractivity contribution in [3.05, 3.63) is 65.2 Å². The maximum atomic E-state index is 13.6. The van der Waals surface area contributed by atoms with Crippen LogP contribution in [0.4, 0.5) is 23.2 Å². The van der Waals surface area contributed by atoms with Crippen LogP contribution in [0.1, 0.15) is 18.9 Å². The van der Waals surface area contributed by atoms with E-state index >= 15 is 0 Å². The van der Waals surface area contributed by atoms with Gasteiger partial charge >= 0.3 is 5.97 Å². The van der Waals surface area contributed by atoms with Gasteiger partial charge in [-0.15, -0.1) is 0 Å². The Hall–Kier alpha value is -2.90. The first-order valence-electron chi connectivity index (χ1n) is 7.08. The zero-order valence-electron chi connectivity index (χ0n) is 12.9. The zero-order chi connectivity index (χ0) is 18.8. The van der Waals surface area contributed by atoms with Crippen LogP contribution < -0.4 is 5.32 Å². The molecule has 1 unspecified atom stereocenters. The average molecular weight is 355 g/mol. The molecule has 8 heteroatoms. The number of carboxylic acids is 1. The molecule has 0 saturated heterocycles. The van der Waals surface area contributed by atoms with E-state index in [-0.39, 0.29) is 11.6 Å². The summed E-state index contributed by atoms with van der Waals surface area (Å²) >= 11 is 0. The van der Waals surface area contributed by atoms with Crippen LogP contribution in [0.25, 0.3) is 0 Å². The molecule has 132 valence electrons. The van der Waals surface area contributed by atoms with Crippen LogP contribution in [0, 0.1) is 23.3 Å². The molecule has 0 aliphatic carbocycles. The molecule has 1 atom stereocenters. The Kier molecular flexibility index (Phi) is 5.10. The highest BCUT2D eigenvalue weighted by Gasteiger charge is 2.38. The molecule has 0 heterocycles. The van der Waals surface area contributed by atoms with E-state index in [1.807, 2.05) is 0 Å². The highest BCUT2D eigenvalue weighted by atomic mass is 19.2. The number of carboxylic acid groups (broad SMARTS) is 1. The first kappa shape index (κ1) is 18.4. The molecular weight excluding hydrogens is 342 g/mol. The molecule has 25 heavy (non-hydrogen) atoms. The lowest BCUT2D eigenvalue weighted by Gasteiger charge is -2.24. The van der Waals surface area contributed by atoms with Crippen molar-refractivity contribution in [1.82, 2.24) is 0 Å². The molecule has 0 aliphatic heterocycles. The van der Waals surface area contributed by atoms with Crippen LogP contribution >= 0.6 is 0 Å². The number of anilines is 1. The third-order valence-electron chi connectivity index (χ3n) is 3.77. The largest absolute Gasteiger partial charge is 0.481 e. The van der Waals surface area contributed by atoms with Gasteiger partial charge < -0.3 is 10.4 Å². The van der Waals surface area contributed by atoms with E-state index in [0.29, 0.717) is 0 Å². The minimum Gasteiger partial charge on any atom is -0.481 e. The van der Waals surface area contributed by atoms with Gasteiger partial charge in [-0.2, -0.15) is 0 Å². The lowest BCUT2D eigenvalue weighted by Crippen LogP contribution is -2.37. The maximum absolute atomic E-state index is 13.6. The molecule has 0 bridgehead atoms. The molecule has 0 saturated carbocycles. The third kappa shape index (κ3) is 3.62. The van der Waals surface area contributed by atoms with Crippen molar-refractivity contribution in [2.24, 2.45) is 0 Å². The Bertz CT molecular complexity index is 800. The summed E-state index contributed by atoms with van der Waals surface area (Å²) in [6, 6.07) is 7.73. The molecule has 2 aromatic carbocycles. The van der Waals surface area contributed by atoms with Crippen LogP contribution in [0.2, 0.25) is 0 Å². The summed E-state index contributed by atoms with van der Waals surface area (Å²) in [5.41, 5.74) is -2.73. The van der Waals surface area contributed by atoms with Gasteiger partial charge in [0.15, 0.2) is 23.3 Å². The Morgan fingerprint density at radius 2 is 1.56 bits per heavy atom. The van der Waals surface area contributed by atoms with Crippen LogP contribution in [0.5, 0.6) is 0 Å². The number of carbonyl (C=O) groups is 2. The fraction of sp³-hybridized carbons (Fsp3) is 0.176. The van der Waals surface area contributed by atoms with Gasteiger partial charge in [-0.1, -0.05) is 30.3 Å². The number of rotatable bonds is 5. The summed E-state index contributed by atoms with van der Waals surface area (Å²) in [5, 5.41) is 11.2. The molecular formula is C17H13F4NO3. The molecule has 0 spiro atoms. The number of carbonyl (C=O) groups excluding carboxylic acids is 1. The predicted octanol–water partition coefficient (Wildman–Crippen LogP) is 3.61. The topological polar surface area (TPSA) is 66.4 Å². The number of hydrogen-bond donors (Lipinski definition) is 2. The van der Waals surface area contributed by atoms with Crippen molar-refractivity contribution in [2.45, 2.75) is 18.8 Å². The fourth-order valence-electron chi connectivity index (χ4n) is 2.29.